The summed E-state index contributed by atoms with van der Waals surface area (Å²) in [6.45, 7) is 0. The van der Waals surface area contributed by atoms with Gasteiger partial charge in [0.25, 0.3) is 5.91 Å². The Kier molecular flexibility index (Phi) is 3.41. The van der Waals surface area contributed by atoms with Crippen LogP contribution in [0.4, 0.5) is 11.4 Å². The zero-order valence-corrected chi connectivity index (χ0v) is 11.6. The molecule has 6 heteroatoms. The number of amides is 1. The van der Waals surface area contributed by atoms with Gasteiger partial charge in [-0.1, -0.05) is 11.6 Å². The largest absolute Gasteiger partial charge is 0.399 e. The van der Waals surface area contributed by atoms with E-state index in [4.69, 9.17) is 17.3 Å². The average Bonchev–Trinajstić information content (AvgIpc) is 2.50. The first-order chi connectivity index (χ1) is 10.1. The van der Waals surface area contributed by atoms with Gasteiger partial charge in [-0.15, -0.1) is 0 Å². The van der Waals surface area contributed by atoms with E-state index in [0.717, 1.165) is 5.39 Å². The molecule has 2 heterocycles. The number of halogens is 1. The number of hydrogen-bond acceptors (Lipinski definition) is 4. The quantitative estimate of drug-likeness (QED) is 0.761. The molecule has 0 bridgehead atoms. The molecule has 0 aliphatic rings. The fraction of sp³-hybridized carbons (Fsp3) is 0. The van der Waals surface area contributed by atoms with E-state index in [9.17, 15) is 4.79 Å². The highest BCUT2D eigenvalue weighted by Gasteiger charge is 2.11. The minimum atomic E-state index is -0.350. The number of nitrogen functional groups attached to an aromatic ring is 1. The first-order valence-electron chi connectivity index (χ1n) is 6.21. The Morgan fingerprint density at radius 2 is 2.00 bits per heavy atom. The first kappa shape index (κ1) is 13.3. The number of nitrogens with one attached hydrogen (secondary N) is 1. The summed E-state index contributed by atoms with van der Waals surface area (Å²) in [6.07, 6.45) is 3.13. The third-order valence-electron chi connectivity index (χ3n) is 2.98. The molecular weight excluding hydrogens is 288 g/mol. The molecule has 3 N–H and O–H groups in total. The Balaban J connectivity index is 1.99. The number of carbonyl (C=O) groups excluding carboxylic acids is 1. The molecule has 1 amide bonds. The number of fused-ring (bicyclic) bond motifs is 1. The molecular formula is C15H11ClN4O. The lowest BCUT2D eigenvalue weighted by Crippen LogP contribution is -2.14. The third kappa shape index (κ3) is 2.64. The van der Waals surface area contributed by atoms with Crippen molar-refractivity contribution < 1.29 is 4.79 Å². The summed E-state index contributed by atoms with van der Waals surface area (Å²) >= 11 is 6.12. The second kappa shape index (κ2) is 5.38. The van der Waals surface area contributed by atoms with Crippen molar-refractivity contribution in [3.05, 3.63) is 59.5 Å². The van der Waals surface area contributed by atoms with Crippen molar-refractivity contribution in [3.8, 4) is 0 Å². The normalized spacial score (nSPS) is 10.5. The van der Waals surface area contributed by atoms with Gasteiger partial charge in [0.1, 0.15) is 5.69 Å². The van der Waals surface area contributed by atoms with Crippen LogP contribution in [0.3, 0.4) is 0 Å². The highest BCUT2D eigenvalue weighted by atomic mass is 35.5. The fourth-order valence-corrected chi connectivity index (χ4v) is 2.21. The highest BCUT2D eigenvalue weighted by Crippen LogP contribution is 2.28. The van der Waals surface area contributed by atoms with E-state index in [1.54, 1.807) is 30.5 Å². The summed E-state index contributed by atoms with van der Waals surface area (Å²) in [6, 6.07) is 10.2. The minimum Gasteiger partial charge on any atom is -0.399 e. The number of benzene rings is 1. The van der Waals surface area contributed by atoms with E-state index in [2.05, 4.69) is 15.3 Å². The SMILES string of the molecule is Nc1ccnc(C(=O)Nc2ccc(Cl)c3cccnc23)c1. The van der Waals surface area contributed by atoms with Crippen molar-refractivity contribution in [1.29, 1.82) is 0 Å². The number of carbonyl (C=O) groups is 1. The van der Waals surface area contributed by atoms with Crippen LogP contribution in [0.1, 0.15) is 10.5 Å². The molecule has 0 atom stereocenters. The Hall–Kier alpha value is -2.66. The maximum Gasteiger partial charge on any atom is 0.274 e. The summed E-state index contributed by atoms with van der Waals surface area (Å²) in [5.74, 6) is -0.350. The Morgan fingerprint density at radius 3 is 2.81 bits per heavy atom. The van der Waals surface area contributed by atoms with Gasteiger partial charge in [0.05, 0.1) is 16.2 Å². The van der Waals surface area contributed by atoms with Gasteiger partial charge in [-0.3, -0.25) is 14.8 Å². The number of nitrogens with zero attached hydrogens (tertiary/aromatic N) is 2. The van der Waals surface area contributed by atoms with Crippen LogP contribution in [0.5, 0.6) is 0 Å². The van der Waals surface area contributed by atoms with Crippen molar-refractivity contribution in [3.63, 3.8) is 0 Å². The van der Waals surface area contributed by atoms with Crippen LogP contribution in [0.2, 0.25) is 5.02 Å². The molecule has 0 saturated heterocycles. The summed E-state index contributed by atoms with van der Waals surface area (Å²) in [4.78, 5) is 20.5. The molecule has 21 heavy (non-hydrogen) atoms. The van der Waals surface area contributed by atoms with Crippen LogP contribution in [-0.4, -0.2) is 15.9 Å². The maximum absolute atomic E-state index is 12.2. The van der Waals surface area contributed by atoms with Crippen LogP contribution in [0, 0.1) is 0 Å². The number of hydrogen-bond donors (Lipinski definition) is 2. The van der Waals surface area contributed by atoms with E-state index in [0.29, 0.717) is 21.9 Å². The first-order valence-corrected chi connectivity index (χ1v) is 6.59. The predicted molar refractivity (Wildman–Crippen MR) is 83.4 cm³/mol. The zero-order valence-electron chi connectivity index (χ0n) is 10.9. The van der Waals surface area contributed by atoms with Crippen LogP contribution >= 0.6 is 11.6 Å². The molecule has 5 nitrogen and oxygen atoms in total. The fourth-order valence-electron chi connectivity index (χ4n) is 2.00. The van der Waals surface area contributed by atoms with Crippen molar-refractivity contribution >= 4 is 39.8 Å². The number of nitrogens with two attached hydrogens (primary N) is 1. The minimum absolute atomic E-state index is 0.244. The molecule has 3 rings (SSSR count). The van der Waals surface area contributed by atoms with Crippen molar-refractivity contribution in [2.24, 2.45) is 0 Å². The van der Waals surface area contributed by atoms with Crippen molar-refractivity contribution in [1.82, 2.24) is 9.97 Å². The molecule has 0 aliphatic carbocycles. The molecule has 0 fully saturated rings. The smallest absolute Gasteiger partial charge is 0.274 e. The summed E-state index contributed by atoms with van der Waals surface area (Å²) < 4.78 is 0. The number of rotatable bonds is 2. The Labute approximate surface area is 125 Å². The molecule has 0 unspecified atom stereocenters. The molecule has 104 valence electrons. The van der Waals surface area contributed by atoms with E-state index in [1.807, 2.05) is 6.07 Å². The van der Waals surface area contributed by atoms with E-state index >= 15 is 0 Å². The van der Waals surface area contributed by atoms with E-state index < -0.39 is 0 Å². The summed E-state index contributed by atoms with van der Waals surface area (Å²) in [5, 5.41) is 4.13. The monoisotopic (exact) mass is 298 g/mol. The van der Waals surface area contributed by atoms with Gasteiger partial charge in [-0.2, -0.15) is 0 Å². The molecule has 0 radical (unpaired) electrons. The van der Waals surface area contributed by atoms with Crippen LogP contribution in [-0.2, 0) is 0 Å². The second-order valence-electron chi connectivity index (χ2n) is 4.42. The van der Waals surface area contributed by atoms with Crippen LogP contribution in [0.25, 0.3) is 10.9 Å². The average molecular weight is 299 g/mol. The molecule has 0 aliphatic heterocycles. The lowest BCUT2D eigenvalue weighted by atomic mass is 10.2. The van der Waals surface area contributed by atoms with Crippen molar-refractivity contribution in [2.45, 2.75) is 0 Å². The molecule has 0 saturated carbocycles. The molecule has 1 aromatic carbocycles. The van der Waals surface area contributed by atoms with E-state index in [1.165, 1.54) is 12.3 Å². The Morgan fingerprint density at radius 1 is 1.14 bits per heavy atom. The van der Waals surface area contributed by atoms with Gasteiger partial charge >= 0.3 is 0 Å². The number of pyridine rings is 2. The van der Waals surface area contributed by atoms with Gasteiger partial charge in [0.2, 0.25) is 0 Å². The van der Waals surface area contributed by atoms with Gasteiger partial charge < -0.3 is 11.1 Å². The second-order valence-corrected chi connectivity index (χ2v) is 4.83. The predicted octanol–water partition coefficient (Wildman–Crippen LogP) is 3.12. The van der Waals surface area contributed by atoms with Crippen LogP contribution < -0.4 is 11.1 Å². The lowest BCUT2D eigenvalue weighted by Gasteiger charge is -2.09. The van der Waals surface area contributed by atoms with E-state index in [-0.39, 0.29) is 11.6 Å². The van der Waals surface area contributed by atoms with Gasteiger partial charge in [-0.05, 0) is 36.4 Å². The summed E-state index contributed by atoms with van der Waals surface area (Å²) in [5.41, 5.74) is 7.58. The topological polar surface area (TPSA) is 80.9 Å². The number of anilines is 2. The zero-order chi connectivity index (χ0) is 14.8. The molecule has 2 aromatic heterocycles. The van der Waals surface area contributed by atoms with Crippen LogP contribution in [0.15, 0.2) is 48.8 Å². The van der Waals surface area contributed by atoms with Crippen molar-refractivity contribution in [2.75, 3.05) is 11.1 Å². The van der Waals surface area contributed by atoms with Gasteiger partial charge in [-0.25, -0.2) is 0 Å². The van der Waals surface area contributed by atoms with Gasteiger partial charge in [0, 0.05) is 23.5 Å². The third-order valence-corrected chi connectivity index (χ3v) is 3.31. The maximum atomic E-state index is 12.2. The molecule has 0 spiro atoms. The lowest BCUT2D eigenvalue weighted by molar-refractivity contribution is 0.102. The number of aromatic nitrogens is 2. The van der Waals surface area contributed by atoms with Gasteiger partial charge in [0.15, 0.2) is 0 Å². The molecule has 3 aromatic rings. The Bertz CT molecular complexity index is 835. The standard InChI is InChI=1S/C15H11ClN4O/c16-11-3-4-12(14-10(11)2-1-6-19-14)20-15(21)13-8-9(17)5-7-18-13/h1-8H,(H2,17,18)(H,20,21). The highest BCUT2D eigenvalue weighted by molar-refractivity contribution is 6.36. The summed E-state index contributed by atoms with van der Waals surface area (Å²) in [7, 11) is 0.